The van der Waals surface area contributed by atoms with E-state index in [9.17, 15) is 9.59 Å². The van der Waals surface area contributed by atoms with Crippen molar-refractivity contribution in [1.29, 1.82) is 0 Å². The first-order valence-corrected chi connectivity index (χ1v) is 9.06. The number of aryl methyl sites for hydroxylation is 1. The van der Waals surface area contributed by atoms with Gasteiger partial charge >= 0.3 is 5.97 Å². The molecule has 0 saturated carbocycles. The fraction of sp³-hybridized carbons (Fsp3) is 0.421. The predicted octanol–water partition coefficient (Wildman–Crippen LogP) is 1.16. The van der Waals surface area contributed by atoms with Crippen molar-refractivity contribution < 1.29 is 19.1 Å². The predicted molar refractivity (Wildman–Crippen MR) is 101 cm³/mol. The Bertz CT molecular complexity index is 854. The highest BCUT2D eigenvalue weighted by Gasteiger charge is 2.27. The van der Waals surface area contributed by atoms with Crippen molar-refractivity contribution >= 4 is 23.6 Å². The van der Waals surface area contributed by atoms with Crippen molar-refractivity contribution in [2.75, 3.05) is 19.7 Å². The highest BCUT2D eigenvalue weighted by molar-refractivity contribution is 6.15. The van der Waals surface area contributed by atoms with Crippen molar-refractivity contribution in [3.05, 3.63) is 41.7 Å². The summed E-state index contributed by atoms with van der Waals surface area (Å²) >= 11 is 0. The molecule has 1 aromatic heterocycles. The maximum Gasteiger partial charge on any atom is 0.357 e. The first-order valence-electron chi connectivity index (χ1n) is 9.06. The number of rotatable bonds is 5. The minimum Gasteiger partial charge on any atom is -0.451 e. The summed E-state index contributed by atoms with van der Waals surface area (Å²) in [6, 6.07) is 9.26. The molecular weight excluding hydrogens is 362 g/mol. The number of hydrogen-bond donors (Lipinski definition) is 0. The number of nitrogens with zero attached hydrogens (tertiary/aromatic N) is 5. The first kappa shape index (κ1) is 19.7. The topological polar surface area (TPSA) is 99.4 Å². The maximum atomic E-state index is 12.7. The molecule has 9 nitrogen and oxygen atoms in total. The minimum absolute atomic E-state index is 0.0548. The van der Waals surface area contributed by atoms with Gasteiger partial charge in [-0.15, -0.1) is 5.10 Å². The van der Waals surface area contributed by atoms with Gasteiger partial charge in [0.25, 0.3) is 5.91 Å². The lowest BCUT2D eigenvalue weighted by molar-refractivity contribution is -0.154. The van der Waals surface area contributed by atoms with Crippen LogP contribution in [0.1, 0.15) is 25.2 Å². The molecule has 0 unspecified atom stereocenters. The lowest BCUT2D eigenvalue weighted by atomic mass is 10.2. The number of carbonyl (C=O) groups is 2. The van der Waals surface area contributed by atoms with E-state index < -0.39 is 5.97 Å². The molecule has 28 heavy (non-hydrogen) atoms. The van der Waals surface area contributed by atoms with Gasteiger partial charge in [0, 0.05) is 13.1 Å². The number of ether oxygens (including phenoxy) is 2. The average molecular weight is 385 g/mol. The molecule has 1 fully saturated rings. The molecule has 0 N–H and O–H groups in total. The van der Waals surface area contributed by atoms with Gasteiger partial charge in [-0.05, 0) is 42.8 Å². The number of hydrogen-bond acceptors (Lipinski definition) is 7. The van der Waals surface area contributed by atoms with Gasteiger partial charge in [0.2, 0.25) is 0 Å². The van der Waals surface area contributed by atoms with E-state index in [1.165, 1.54) is 4.68 Å². The Labute approximate surface area is 162 Å². The quantitative estimate of drug-likeness (QED) is 0.562. The van der Waals surface area contributed by atoms with E-state index in [0.717, 1.165) is 5.56 Å². The van der Waals surface area contributed by atoms with Crippen LogP contribution in [0.4, 0.5) is 0 Å². The van der Waals surface area contributed by atoms with E-state index in [-0.39, 0.29) is 30.4 Å². The second kappa shape index (κ2) is 8.75. The lowest BCUT2D eigenvalue weighted by Crippen LogP contribution is -2.49. The normalized spacial score (nSPS) is 20.1. The highest BCUT2D eigenvalue weighted by Crippen LogP contribution is 2.15. The van der Waals surface area contributed by atoms with E-state index in [4.69, 9.17) is 9.47 Å². The molecule has 1 amide bonds. The number of benzene rings is 1. The summed E-state index contributed by atoms with van der Waals surface area (Å²) in [5.41, 5.74) is 0.914. The molecule has 1 saturated heterocycles. The Morgan fingerprint density at radius 1 is 1.21 bits per heavy atom. The molecule has 148 valence electrons. The van der Waals surface area contributed by atoms with Crippen LogP contribution < -0.4 is 0 Å². The smallest absolute Gasteiger partial charge is 0.357 e. The third kappa shape index (κ3) is 4.80. The van der Waals surface area contributed by atoms with Gasteiger partial charge in [0.05, 0.1) is 12.2 Å². The molecule has 0 bridgehead atoms. The molecule has 0 radical (unpaired) electrons. The zero-order valence-corrected chi connectivity index (χ0v) is 16.1. The number of esters is 1. The van der Waals surface area contributed by atoms with Gasteiger partial charge in [0.1, 0.15) is 0 Å². The summed E-state index contributed by atoms with van der Waals surface area (Å²) in [6.07, 6.45) is 1.51. The zero-order chi connectivity index (χ0) is 20.1. The van der Waals surface area contributed by atoms with Gasteiger partial charge in [-0.25, -0.2) is 4.79 Å². The second-order valence-corrected chi connectivity index (χ2v) is 6.71. The van der Waals surface area contributed by atoms with Crippen LogP contribution >= 0.6 is 0 Å². The van der Waals surface area contributed by atoms with Gasteiger partial charge in [-0.3, -0.25) is 4.79 Å². The van der Waals surface area contributed by atoms with Gasteiger partial charge in [0.15, 0.2) is 18.1 Å². The Kier molecular flexibility index (Phi) is 6.15. The monoisotopic (exact) mass is 385 g/mol. The van der Waals surface area contributed by atoms with Crippen LogP contribution in [0.5, 0.6) is 0 Å². The molecule has 1 aliphatic rings. The molecule has 1 aromatic carbocycles. The highest BCUT2D eigenvalue weighted by atomic mass is 16.5. The summed E-state index contributed by atoms with van der Waals surface area (Å²) < 4.78 is 12.2. The van der Waals surface area contributed by atoms with Crippen molar-refractivity contribution in [3.8, 4) is 0 Å². The molecule has 1 aliphatic heterocycles. The third-order valence-corrected chi connectivity index (χ3v) is 4.26. The number of morpholine rings is 1. The molecule has 2 atom stereocenters. The van der Waals surface area contributed by atoms with E-state index >= 15 is 0 Å². The molecule has 0 aliphatic carbocycles. The van der Waals surface area contributed by atoms with Gasteiger partial charge in [-0.1, -0.05) is 30.3 Å². The minimum atomic E-state index is -0.679. The number of amides is 1. The number of carbonyl (C=O) groups excluding carboxylic acids is 2. The second-order valence-electron chi connectivity index (χ2n) is 6.71. The summed E-state index contributed by atoms with van der Waals surface area (Å²) in [6.45, 7) is 6.07. The first-order chi connectivity index (χ1) is 13.4. The van der Waals surface area contributed by atoms with Crippen LogP contribution in [0.25, 0.3) is 11.8 Å². The molecular formula is C19H23N5O4. The fourth-order valence-electron chi connectivity index (χ4n) is 3.04. The van der Waals surface area contributed by atoms with E-state index in [1.807, 2.05) is 44.2 Å². The van der Waals surface area contributed by atoms with Gasteiger partial charge in [-0.2, -0.15) is 4.68 Å². The van der Waals surface area contributed by atoms with Crippen LogP contribution in [0, 0.1) is 6.92 Å². The van der Waals surface area contributed by atoms with Gasteiger partial charge < -0.3 is 14.4 Å². The van der Waals surface area contributed by atoms with E-state index in [0.29, 0.717) is 18.9 Å². The molecule has 3 rings (SSSR count). The van der Waals surface area contributed by atoms with Crippen LogP contribution in [0.2, 0.25) is 0 Å². The average Bonchev–Trinajstić information content (AvgIpc) is 3.09. The van der Waals surface area contributed by atoms with Crippen molar-refractivity contribution in [3.63, 3.8) is 0 Å². The number of aromatic nitrogens is 4. The van der Waals surface area contributed by atoms with Crippen molar-refractivity contribution in [1.82, 2.24) is 25.1 Å². The Morgan fingerprint density at radius 3 is 2.50 bits per heavy atom. The summed E-state index contributed by atoms with van der Waals surface area (Å²) in [5.74, 6) is -0.508. The summed E-state index contributed by atoms with van der Waals surface area (Å²) in [4.78, 5) is 26.8. The maximum absolute atomic E-state index is 12.7. The standard InChI is InChI=1S/C19H23N5O4/c1-13-10-23(11-14(2)28-13)18(25)12-27-19(26)17(24-15(3)20-21-22-24)9-16-7-5-4-6-8-16/h4-9,13-14H,10-12H2,1-3H3/b17-9-/t13-,14-/m0/s1. The third-order valence-electron chi connectivity index (χ3n) is 4.26. The van der Waals surface area contributed by atoms with Crippen LogP contribution in [-0.4, -0.2) is 68.9 Å². The molecule has 9 heteroatoms. The molecule has 2 heterocycles. The largest absolute Gasteiger partial charge is 0.451 e. The van der Waals surface area contributed by atoms with Crippen LogP contribution in [0.3, 0.4) is 0 Å². The summed E-state index contributed by atoms with van der Waals surface area (Å²) in [7, 11) is 0. The van der Waals surface area contributed by atoms with Crippen LogP contribution in [-0.2, 0) is 19.1 Å². The van der Waals surface area contributed by atoms with Crippen molar-refractivity contribution in [2.24, 2.45) is 0 Å². The Balaban J connectivity index is 1.73. The Morgan fingerprint density at radius 2 is 1.89 bits per heavy atom. The molecule has 2 aromatic rings. The SMILES string of the molecule is Cc1nnnn1/C(=C\c1ccccc1)C(=O)OCC(=O)N1C[C@H](C)O[C@@H](C)C1. The Hall–Kier alpha value is -3.07. The fourth-order valence-corrected chi connectivity index (χ4v) is 3.04. The number of tetrazole rings is 1. The van der Waals surface area contributed by atoms with E-state index in [2.05, 4.69) is 15.5 Å². The van der Waals surface area contributed by atoms with E-state index in [1.54, 1.807) is 17.9 Å². The van der Waals surface area contributed by atoms with Crippen molar-refractivity contribution in [2.45, 2.75) is 33.0 Å². The molecule has 0 spiro atoms. The lowest BCUT2D eigenvalue weighted by Gasteiger charge is -2.35. The van der Waals surface area contributed by atoms with Crippen LogP contribution in [0.15, 0.2) is 30.3 Å². The zero-order valence-electron chi connectivity index (χ0n) is 16.1. The summed E-state index contributed by atoms with van der Waals surface area (Å²) in [5, 5.41) is 11.2.